The first-order chi connectivity index (χ1) is 13.2. The quantitative estimate of drug-likeness (QED) is 0.752. The highest BCUT2D eigenvalue weighted by Gasteiger charge is 2.14. The fraction of sp³-hybridized carbons (Fsp3) is 0.318. The van der Waals surface area contributed by atoms with Crippen molar-refractivity contribution in [3.05, 3.63) is 63.7 Å². The summed E-state index contributed by atoms with van der Waals surface area (Å²) < 4.78 is 5.03. The molecule has 0 aliphatic carbocycles. The number of carbonyl (C=O) groups is 3. The van der Waals surface area contributed by atoms with Gasteiger partial charge in [-0.15, -0.1) is 0 Å². The Labute approximate surface area is 165 Å². The lowest BCUT2D eigenvalue weighted by Gasteiger charge is -2.13. The second-order valence-electron chi connectivity index (χ2n) is 6.99. The predicted molar refractivity (Wildman–Crippen MR) is 108 cm³/mol. The van der Waals surface area contributed by atoms with Crippen molar-refractivity contribution >= 4 is 23.5 Å². The summed E-state index contributed by atoms with van der Waals surface area (Å²) in [7, 11) is 0. The second-order valence-corrected chi connectivity index (χ2v) is 6.99. The van der Waals surface area contributed by atoms with Gasteiger partial charge < -0.3 is 15.4 Å². The largest absolute Gasteiger partial charge is 0.452 e. The summed E-state index contributed by atoms with van der Waals surface area (Å²) in [5, 5.41) is 5.26. The second kappa shape index (κ2) is 9.17. The fourth-order valence-electron chi connectivity index (χ4n) is 3.04. The van der Waals surface area contributed by atoms with Crippen LogP contribution < -0.4 is 10.6 Å². The standard InChI is InChI=1S/C22H26N2O4/c1-13-6-7-18(15(3)8-13)22(27)28-12-20(26)23-11-19(25)24-21-16(4)9-14(2)10-17(21)5/h6-10H,11-12H2,1-5H3,(H,23,26)(H,24,25). The van der Waals surface area contributed by atoms with Crippen molar-refractivity contribution in [1.82, 2.24) is 5.32 Å². The molecule has 2 N–H and O–H groups in total. The van der Waals surface area contributed by atoms with Crippen LogP contribution in [0.15, 0.2) is 30.3 Å². The first-order valence-electron chi connectivity index (χ1n) is 9.06. The third-order valence-electron chi connectivity index (χ3n) is 4.32. The topological polar surface area (TPSA) is 84.5 Å². The van der Waals surface area contributed by atoms with Crippen molar-refractivity contribution in [2.24, 2.45) is 0 Å². The summed E-state index contributed by atoms with van der Waals surface area (Å²) >= 11 is 0. The molecule has 28 heavy (non-hydrogen) atoms. The van der Waals surface area contributed by atoms with Gasteiger partial charge in [-0.25, -0.2) is 4.79 Å². The van der Waals surface area contributed by atoms with Crippen LogP contribution in [-0.2, 0) is 14.3 Å². The molecule has 0 bridgehead atoms. The number of anilines is 1. The van der Waals surface area contributed by atoms with E-state index in [1.165, 1.54) is 0 Å². The van der Waals surface area contributed by atoms with E-state index >= 15 is 0 Å². The van der Waals surface area contributed by atoms with Crippen molar-refractivity contribution in [3.63, 3.8) is 0 Å². The molecule has 0 aliphatic heterocycles. The van der Waals surface area contributed by atoms with Gasteiger partial charge in [0, 0.05) is 5.69 Å². The Kier molecular flexibility index (Phi) is 6.93. The smallest absolute Gasteiger partial charge is 0.338 e. The zero-order chi connectivity index (χ0) is 20.8. The normalized spacial score (nSPS) is 10.3. The Balaban J connectivity index is 1.82. The molecule has 2 aromatic carbocycles. The van der Waals surface area contributed by atoms with Crippen LogP contribution in [0.4, 0.5) is 5.69 Å². The first kappa shape index (κ1) is 21.2. The molecule has 2 aromatic rings. The van der Waals surface area contributed by atoms with Crippen molar-refractivity contribution in [3.8, 4) is 0 Å². The molecule has 0 saturated heterocycles. The maximum Gasteiger partial charge on any atom is 0.338 e. The maximum absolute atomic E-state index is 12.1. The fourth-order valence-corrected chi connectivity index (χ4v) is 3.04. The number of benzene rings is 2. The minimum absolute atomic E-state index is 0.202. The van der Waals surface area contributed by atoms with Gasteiger partial charge in [-0.3, -0.25) is 9.59 Å². The lowest BCUT2D eigenvalue weighted by atomic mass is 10.1. The molecule has 0 saturated carbocycles. The number of hydrogen-bond acceptors (Lipinski definition) is 4. The number of amides is 2. The van der Waals surface area contributed by atoms with E-state index in [4.69, 9.17) is 4.74 Å². The van der Waals surface area contributed by atoms with Crippen LogP contribution >= 0.6 is 0 Å². The molecular formula is C22H26N2O4. The van der Waals surface area contributed by atoms with Gasteiger partial charge in [-0.2, -0.15) is 0 Å². The van der Waals surface area contributed by atoms with Crippen molar-refractivity contribution in [2.75, 3.05) is 18.5 Å². The van der Waals surface area contributed by atoms with Gasteiger partial charge in [-0.1, -0.05) is 35.4 Å². The van der Waals surface area contributed by atoms with E-state index in [0.29, 0.717) is 5.56 Å². The average molecular weight is 382 g/mol. The number of esters is 1. The molecule has 0 atom stereocenters. The lowest BCUT2D eigenvalue weighted by Crippen LogP contribution is -2.35. The molecule has 0 fully saturated rings. The summed E-state index contributed by atoms with van der Waals surface area (Å²) in [5.41, 5.74) is 6.02. The van der Waals surface area contributed by atoms with E-state index in [9.17, 15) is 14.4 Å². The van der Waals surface area contributed by atoms with E-state index in [1.54, 1.807) is 6.07 Å². The van der Waals surface area contributed by atoms with E-state index < -0.39 is 18.5 Å². The number of aryl methyl sites for hydroxylation is 5. The Hall–Kier alpha value is -3.15. The number of hydrogen-bond donors (Lipinski definition) is 2. The lowest BCUT2D eigenvalue weighted by molar-refractivity contribution is -0.126. The third-order valence-corrected chi connectivity index (χ3v) is 4.32. The molecule has 0 unspecified atom stereocenters. The molecule has 0 spiro atoms. The summed E-state index contributed by atoms with van der Waals surface area (Å²) in [4.78, 5) is 36.1. The van der Waals surface area contributed by atoms with E-state index in [0.717, 1.165) is 33.5 Å². The Morgan fingerprint density at radius 1 is 0.821 bits per heavy atom. The van der Waals surface area contributed by atoms with Gasteiger partial charge in [0.05, 0.1) is 12.1 Å². The van der Waals surface area contributed by atoms with Gasteiger partial charge in [0.2, 0.25) is 5.91 Å². The third kappa shape index (κ3) is 5.67. The number of ether oxygens (including phenoxy) is 1. The predicted octanol–water partition coefficient (Wildman–Crippen LogP) is 3.14. The monoisotopic (exact) mass is 382 g/mol. The summed E-state index contributed by atoms with van der Waals surface area (Å²) in [6.45, 7) is 8.92. The van der Waals surface area contributed by atoms with Gasteiger partial charge in [0.25, 0.3) is 5.91 Å². The molecule has 6 heteroatoms. The maximum atomic E-state index is 12.1. The molecular weight excluding hydrogens is 356 g/mol. The van der Waals surface area contributed by atoms with Crippen LogP contribution in [0.25, 0.3) is 0 Å². The first-order valence-corrected chi connectivity index (χ1v) is 9.06. The van der Waals surface area contributed by atoms with Gasteiger partial charge in [0.1, 0.15) is 0 Å². The van der Waals surface area contributed by atoms with Crippen molar-refractivity contribution in [1.29, 1.82) is 0 Å². The van der Waals surface area contributed by atoms with Crippen LogP contribution in [0.2, 0.25) is 0 Å². The molecule has 0 aliphatic rings. The molecule has 2 rings (SSSR count). The molecule has 0 aromatic heterocycles. The minimum Gasteiger partial charge on any atom is -0.452 e. The Morgan fingerprint density at radius 3 is 2.04 bits per heavy atom. The minimum atomic E-state index is -0.567. The van der Waals surface area contributed by atoms with Gasteiger partial charge >= 0.3 is 5.97 Å². The van der Waals surface area contributed by atoms with Crippen LogP contribution in [0.3, 0.4) is 0 Å². The van der Waals surface area contributed by atoms with Crippen LogP contribution in [-0.4, -0.2) is 30.9 Å². The van der Waals surface area contributed by atoms with Crippen LogP contribution in [0, 0.1) is 34.6 Å². The number of rotatable bonds is 6. The zero-order valence-electron chi connectivity index (χ0n) is 16.9. The summed E-state index contributed by atoms with van der Waals surface area (Å²) in [6, 6.07) is 9.31. The number of carbonyl (C=O) groups excluding carboxylic acids is 3. The van der Waals surface area contributed by atoms with E-state index in [1.807, 2.05) is 58.9 Å². The summed E-state index contributed by atoms with van der Waals surface area (Å²) in [5.74, 6) is -1.45. The molecule has 2 amide bonds. The SMILES string of the molecule is Cc1ccc(C(=O)OCC(=O)NCC(=O)Nc2c(C)cc(C)cc2C)c(C)c1. The van der Waals surface area contributed by atoms with E-state index in [2.05, 4.69) is 10.6 Å². The highest BCUT2D eigenvalue weighted by atomic mass is 16.5. The Bertz CT molecular complexity index is 896. The average Bonchev–Trinajstić information content (AvgIpc) is 2.61. The van der Waals surface area contributed by atoms with Crippen molar-refractivity contribution < 1.29 is 19.1 Å². The summed E-state index contributed by atoms with van der Waals surface area (Å²) in [6.07, 6.45) is 0. The number of nitrogens with one attached hydrogen (secondary N) is 2. The van der Waals surface area contributed by atoms with Gasteiger partial charge in [-0.05, 0) is 57.4 Å². The Morgan fingerprint density at radius 2 is 1.43 bits per heavy atom. The highest BCUT2D eigenvalue weighted by Crippen LogP contribution is 2.21. The zero-order valence-corrected chi connectivity index (χ0v) is 16.9. The highest BCUT2D eigenvalue weighted by molar-refractivity contribution is 5.96. The molecule has 0 radical (unpaired) electrons. The molecule has 148 valence electrons. The van der Waals surface area contributed by atoms with Crippen molar-refractivity contribution in [2.45, 2.75) is 34.6 Å². The van der Waals surface area contributed by atoms with Gasteiger partial charge in [0.15, 0.2) is 6.61 Å². The van der Waals surface area contributed by atoms with E-state index in [-0.39, 0.29) is 12.5 Å². The molecule has 0 heterocycles. The van der Waals surface area contributed by atoms with Crippen LogP contribution in [0.5, 0.6) is 0 Å². The molecule has 6 nitrogen and oxygen atoms in total. The van der Waals surface area contributed by atoms with Crippen LogP contribution in [0.1, 0.15) is 38.2 Å².